The average Bonchev–Trinajstić information content (AvgIpc) is 2.73. The van der Waals surface area contributed by atoms with E-state index in [2.05, 4.69) is 4.98 Å². The summed E-state index contributed by atoms with van der Waals surface area (Å²) in [4.78, 5) is 5.01. The molecule has 1 aromatic heterocycles. The first-order chi connectivity index (χ1) is 9.10. The number of ether oxygens (including phenoxy) is 2. The Morgan fingerprint density at radius 1 is 1.32 bits per heavy atom. The van der Waals surface area contributed by atoms with Gasteiger partial charge in [0.15, 0.2) is 11.5 Å². The van der Waals surface area contributed by atoms with Crippen LogP contribution in [0.5, 0.6) is 11.5 Å². The molecule has 19 heavy (non-hydrogen) atoms. The number of fused-ring (bicyclic) bond motifs is 1. The van der Waals surface area contributed by atoms with E-state index in [4.69, 9.17) is 27.4 Å². The first-order valence-electron chi connectivity index (χ1n) is 6.00. The molecule has 1 heterocycles. The highest BCUT2D eigenvalue weighted by Gasteiger charge is 2.14. The summed E-state index contributed by atoms with van der Waals surface area (Å²) in [7, 11) is 3.22. The van der Waals surface area contributed by atoms with Gasteiger partial charge < -0.3 is 19.8 Å². The van der Waals surface area contributed by atoms with Crippen LogP contribution in [0.2, 0.25) is 0 Å². The first-order valence-corrected chi connectivity index (χ1v) is 6.41. The Hall–Kier alpha value is -1.82. The lowest BCUT2D eigenvalue weighted by Gasteiger charge is -2.09. The number of aryl methyl sites for hydroxylation is 1. The van der Waals surface area contributed by atoms with Crippen molar-refractivity contribution in [1.29, 1.82) is 0 Å². The monoisotopic (exact) mass is 279 g/mol. The van der Waals surface area contributed by atoms with Gasteiger partial charge in [-0.15, -0.1) is 0 Å². The molecule has 0 radical (unpaired) electrons. The Morgan fingerprint density at radius 3 is 2.47 bits per heavy atom. The fourth-order valence-corrected chi connectivity index (χ4v) is 2.23. The molecular formula is C13H17N3O2S. The van der Waals surface area contributed by atoms with Crippen LogP contribution in [-0.4, -0.2) is 28.8 Å². The standard InChI is InChI=1S/C13H17N3O2S/c1-4-13-15-8-5-10(17-2)11(18-3)6-9(8)16(13)7-12(14)19/h5-6H,4,7H2,1-3H3,(H2,14,19). The predicted octanol–water partition coefficient (Wildman–Crippen LogP) is 1.90. The predicted molar refractivity (Wildman–Crippen MR) is 79.0 cm³/mol. The number of thiocarbonyl (C=S) groups is 1. The van der Waals surface area contributed by atoms with E-state index < -0.39 is 0 Å². The van der Waals surface area contributed by atoms with E-state index in [0.29, 0.717) is 23.0 Å². The lowest BCUT2D eigenvalue weighted by Crippen LogP contribution is -2.18. The minimum absolute atomic E-state index is 0.434. The van der Waals surface area contributed by atoms with E-state index in [1.807, 2.05) is 23.6 Å². The van der Waals surface area contributed by atoms with Crippen molar-refractivity contribution in [2.75, 3.05) is 14.2 Å². The molecule has 0 aliphatic carbocycles. The molecule has 2 aromatic rings. The highest BCUT2D eigenvalue weighted by molar-refractivity contribution is 7.80. The number of rotatable bonds is 5. The maximum atomic E-state index is 5.65. The van der Waals surface area contributed by atoms with Crippen LogP contribution in [0.15, 0.2) is 12.1 Å². The van der Waals surface area contributed by atoms with Crippen molar-refractivity contribution >= 4 is 28.2 Å². The molecular weight excluding hydrogens is 262 g/mol. The van der Waals surface area contributed by atoms with Crippen molar-refractivity contribution < 1.29 is 9.47 Å². The van der Waals surface area contributed by atoms with Gasteiger partial charge in [0.25, 0.3) is 0 Å². The van der Waals surface area contributed by atoms with Crippen LogP contribution in [0.4, 0.5) is 0 Å². The summed E-state index contributed by atoms with van der Waals surface area (Å²) >= 11 is 5.00. The minimum Gasteiger partial charge on any atom is -0.493 e. The number of hydrogen-bond acceptors (Lipinski definition) is 4. The molecule has 0 aliphatic heterocycles. The van der Waals surface area contributed by atoms with Gasteiger partial charge in [-0.05, 0) is 0 Å². The maximum absolute atomic E-state index is 5.65. The number of aromatic nitrogens is 2. The van der Waals surface area contributed by atoms with Gasteiger partial charge in [0.05, 0.1) is 36.8 Å². The van der Waals surface area contributed by atoms with Gasteiger partial charge in [0.2, 0.25) is 0 Å². The molecule has 0 fully saturated rings. The topological polar surface area (TPSA) is 62.3 Å². The number of imidazole rings is 1. The third-order valence-electron chi connectivity index (χ3n) is 2.96. The van der Waals surface area contributed by atoms with Gasteiger partial charge in [-0.25, -0.2) is 4.98 Å². The van der Waals surface area contributed by atoms with Crippen LogP contribution in [0.25, 0.3) is 11.0 Å². The van der Waals surface area contributed by atoms with Crippen molar-refractivity contribution in [3.63, 3.8) is 0 Å². The van der Waals surface area contributed by atoms with Crippen molar-refractivity contribution in [2.45, 2.75) is 19.9 Å². The van der Waals surface area contributed by atoms with Crippen LogP contribution in [0, 0.1) is 0 Å². The van der Waals surface area contributed by atoms with E-state index in [9.17, 15) is 0 Å². The lowest BCUT2D eigenvalue weighted by atomic mass is 10.2. The molecule has 2 rings (SSSR count). The zero-order valence-corrected chi connectivity index (χ0v) is 12.1. The molecule has 0 unspecified atom stereocenters. The first kappa shape index (κ1) is 13.6. The molecule has 0 saturated heterocycles. The summed E-state index contributed by atoms with van der Waals surface area (Å²) in [6, 6.07) is 3.77. The van der Waals surface area contributed by atoms with E-state index in [-0.39, 0.29) is 0 Å². The van der Waals surface area contributed by atoms with E-state index in [0.717, 1.165) is 23.3 Å². The third-order valence-corrected chi connectivity index (χ3v) is 3.09. The van der Waals surface area contributed by atoms with Crippen molar-refractivity contribution in [1.82, 2.24) is 9.55 Å². The van der Waals surface area contributed by atoms with Crippen LogP contribution in [0.3, 0.4) is 0 Å². The van der Waals surface area contributed by atoms with Gasteiger partial charge in [0.1, 0.15) is 5.82 Å². The Balaban J connectivity index is 2.67. The Bertz CT molecular complexity index is 622. The lowest BCUT2D eigenvalue weighted by molar-refractivity contribution is 0.355. The fourth-order valence-electron chi connectivity index (χ4n) is 2.10. The average molecular weight is 279 g/mol. The second kappa shape index (κ2) is 5.44. The highest BCUT2D eigenvalue weighted by atomic mass is 32.1. The molecule has 2 N–H and O–H groups in total. The van der Waals surface area contributed by atoms with Crippen LogP contribution in [-0.2, 0) is 13.0 Å². The summed E-state index contributed by atoms with van der Waals surface area (Å²) < 4.78 is 12.6. The zero-order valence-electron chi connectivity index (χ0n) is 11.3. The Morgan fingerprint density at radius 2 is 1.95 bits per heavy atom. The highest BCUT2D eigenvalue weighted by Crippen LogP contribution is 2.32. The molecule has 1 aromatic carbocycles. The molecule has 0 aliphatic rings. The summed E-state index contributed by atoms with van der Waals surface area (Å²) in [5.41, 5.74) is 7.45. The zero-order chi connectivity index (χ0) is 14.0. The van der Waals surface area contributed by atoms with Gasteiger partial charge in [-0.2, -0.15) is 0 Å². The molecule has 102 valence electrons. The fraction of sp³-hybridized carbons (Fsp3) is 0.385. The molecule has 5 nitrogen and oxygen atoms in total. The molecule has 0 amide bonds. The van der Waals surface area contributed by atoms with Gasteiger partial charge in [-0.3, -0.25) is 0 Å². The normalized spacial score (nSPS) is 10.7. The number of benzene rings is 1. The van der Waals surface area contributed by atoms with Crippen molar-refractivity contribution in [3.05, 3.63) is 18.0 Å². The van der Waals surface area contributed by atoms with Crippen LogP contribution in [0.1, 0.15) is 12.7 Å². The van der Waals surface area contributed by atoms with E-state index in [1.54, 1.807) is 14.2 Å². The van der Waals surface area contributed by atoms with E-state index in [1.165, 1.54) is 0 Å². The van der Waals surface area contributed by atoms with Crippen molar-refractivity contribution in [3.8, 4) is 11.5 Å². The number of methoxy groups -OCH3 is 2. The molecule has 0 spiro atoms. The molecule has 0 saturated carbocycles. The quantitative estimate of drug-likeness (QED) is 0.847. The number of hydrogen-bond donors (Lipinski definition) is 1. The van der Waals surface area contributed by atoms with Gasteiger partial charge >= 0.3 is 0 Å². The minimum atomic E-state index is 0.434. The Kier molecular flexibility index (Phi) is 3.90. The Labute approximate surface area is 117 Å². The van der Waals surface area contributed by atoms with Crippen LogP contribution < -0.4 is 15.2 Å². The largest absolute Gasteiger partial charge is 0.493 e. The van der Waals surface area contributed by atoms with E-state index >= 15 is 0 Å². The molecule has 6 heteroatoms. The number of nitrogens with zero attached hydrogens (tertiary/aromatic N) is 2. The summed E-state index contributed by atoms with van der Waals surface area (Å²) in [6.45, 7) is 2.52. The SMILES string of the molecule is CCc1nc2cc(OC)c(OC)cc2n1CC(N)=S. The van der Waals surface area contributed by atoms with Gasteiger partial charge in [0, 0.05) is 18.6 Å². The summed E-state index contributed by atoms with van der Waals surface area (Å²) in [5.74, 6) is 2.28. The number of nitrogens with two attached hydrogens (primary N) is 1. The smallest absolute Gasteiger partial charge is 0.163 e. The van der Waals surface area contributed by atoms with Gasteiger partial charge in [-0.1, -0.05) is 19.1 Å². The second-order valence-electron chi connectivity index (χ2n) is 4.13. The van der Waals surface area contributed by atoms with Crippen LogP contribution >= 0.6 is 12.2 Å². The summed E-state index contributed by atoms with van der Waals surface area (Å²) in [5, 5.41) is 0. The molecule has 0 bridgehead atoms. The summed E-state index contributed by atoms with van der Waals surface area (Å²) in [6.07, 6.45) is 0.807. The second-order valence-corrected chi connectivity index (χ2v) is 4.65. The third kappa shape index (κ3) is 2.49. The molecule has 0 atom stereocenters. The van der Waals surface area contributed by atoms with Crippen molar-refractivity contribution in [2.24, 2.45) is 5.73 Å². The maximum Gasteiger partial charge on any atom is 0.163 e.